The van der Waals surface area contributed by atoms with Crippen LogP contribution >= 0.6 is 0 Å². The third-order valence-corrected chi connectivity index (χ3v) is 3.90. The van der Waals surface area contributed by atoms with Gasteiger partial charge >= 0.3 is 0 Å². The first kappa shape index (κ1) is 14.0. The molecule has 0 N–H and O–H groups in total. The summed E-state index contributed by atoms with van der Waals surface area (Å²) in [4.78, 5) is 16.1. The molecule has 17 heavy (non-hydrogen) atoms. The Bertz CT molecular complexity index is 330. The van der Waals surface area contributed by atoms with Gasteiger partial charge in [-0.25, -0.2) is 0 Å². The van der Waals surface area contributed by atoms with Crippen LogP contribution in [0.25, 0.3) is 0 Å². The fourth-order valence-electron chi connectivity index (χ4n) is 2.45. The second-order valence-electron chi connectivity index (χ2n) is 5.64. The number of hydrogen-bond donors (Lipinski definition) is 0. The maximum Gasteiger partial charge on any atom is 0.228 e. The minimum absolute atomic E-state index is 0.0441. The molecule has 1 aliphatic rings. The van der Waals surface area contributed by atoms with E-state index in [0.717, 1.165) is 19.3 Å². The minimum atomic E-state index is -0.726. The standard InChI is InChI=1S/C13H23N3O/c1-13(2,9-14)16(5)12(17)10-7-6-8-11(10)15(3)4/h10-11H,6-8H2,1-5H3/t10-,11+/m1/s1. The van der Waals surface area contributed by atoms with Gasteiger partial charge in [-0.15, -0.1) is 0 Å². The molecule has 0 spiro atoms. The van der Waals surface area contributed by atoms with Crippen LogP contribution in [0.4, 0.5) is 0 Å². The van der Waals surface area contributed by atoms with Crippen molar-refractivity contribution in [2.24, 2.45) is 5.92 Å². The van der Waals surface area contributed by atoms with E-state index in [9.17, 15) is 4.79 Å². The van der Waals surface area contributed by atoms with E-state index in [0.29, 0.717) is 6.04 Å². The number of carbonyl (C=O) groups is 1. The van der Waals surface area contributed by atoms with Gasteiger partial charge in [0, 0.05) is 13.1 Å². The van der Waals surface area contributed by atoms with Crippen molar-refractivity contribution in [3.05, 3.63) is 0 Å². The third-order valence-electron chi connectivity index (χ3n) is 3.90. The molecule has 0 aliphatic heterocycles. The van der Waals surface area contributed by atoms with E-state index < -0.39 is 5.54 Å². The van der Waals surface area contributed by atoms with E-state index >= 15 is 0 Å². The molecule has 4 heteroatoms. The molecule has 0 heterocycles. The number of nitriles is 1. The summed E-state index contributed by atoms with van der Waals surface area (Å²) in [5.41, 5.74) is -0.726. The molecule has 4 nitrogen and oxygen atoms in total. The van der Waals surface area contributed by atoms with Crippen molar-refractivity contribution in [1.82, 2.24) is 9.80 Å². The fraction of sp³-hybridized carbons (Fsp3) is 0.846. The molecule has 0 aromatic rings. The molecular formula is C13H23N3O. The Kier molecular flexibility index (Phi) is 4.16. The third kappa shape index (κ3) is 2.78. The second kappa shape index (κ2) is 5.05. The van der Waals surface area contributed by atoms with Crippen molar-refractivity contribution in [1.29, 1.82) is 5.26 Å². The lowest BCUT2D eigenvalue weighted by Gasteiger charge is -2.34. The fourth-order valence-corrected chi connectivity index (χ4v) is 2.45. The Labute approximate surface area is 104 Å². The van der Waals surface area contributed by atoms with Gasteiger partial charge in [-0.2, -0.15) is 5.26 Å². The summed E-state index contributed by atoms with van der Waals surface area (Å²) in [6, 6.07) is 2.50. The quantitative estimate of drug-likeness (QED) is 0.747. The second-order valence-corrected chi connectivity index (χ2v) is 5.64. The summed E-state index contributed by atoms with van der Waals surface area (Å²) >= 11 is 0. The molecule has 0 unspecified atom stereocenters. The van der Waals surface area contributed by atoms with Crippen molar-refractivity contribution < 1.29 is 4.79 Å². The van der Waals surface area contributed by atoms with Crippen LogP contribution in [0.2, 0.25) is 0 Å². The zero-order chi connectivity index (χ0) is 13.2. The van der Waals surface area contributed by atoms with E-state index in [1.54, 1.807) is 25.8 Å². The van der Waals surface area contributed by atoms with Gasteiger partial charge in [0.1, 0.15) is 5.54 Å². The Morgan fingerprint density at radius 2 is 1.88 bits per heavy atom. The van der Waals surface area contributed by atoms with Gasteiger partial charge in [0.25, 0.3) is 0 Å². The maximum atomic E-state index is 12.4. The van der Waals surface area contributed by atoms with Gasteiger partial charge in [0.15, 0.2) is 0 Å². The van der Waals surface area contributed by atoms with Gasteiger partial charge in [0.05, 0.1) is 12.0 Å². The predicted molar refractivity (Wildman–Crippen MR) is 67.3 cm³/mol. The molecule has 1 amide bonds. The molecule has 1 fully saturated rings. The Morgan fingerprint density at radius 1 is 1.29 bits per heavy atom. The number of amides is 1. The average Bonchev–Trinajstić information content (AvgIpc) is 2.75. The molecule has 0 bridgehead atoms. The Balaban J connectivity index is 2.80. The SMILES string of the molecule is CN(C)[C@H]1CCC[C@H]1C(=O)N(C)C(C)(C)C#N. The Morgan fingerprint density at radius 3 is 2.35 bits per heavy atom. The molecular weight excluding hydrogens is 214 g/mol. The normalized spacial score (nSPS) is 24.8. The molecule has 1 rings (SSSR count). The number of nitrogens with zero attached hydrogens (tertiary/aromatic N) is 3. The van der Waals surface area contributed by atoms with Gasteiger partial charge in [0.2, 0.25) is 5.91 Å². The first-order valence-corrected chi connectivity index (χ1v) is 6.16. The van der Waals surface area contributed by atoms with E-state index in [1.165, 1.54) is 0 Å². The molecule has 96 valence electrons. The van der Waals surface area contributed by atoms with Crippen LogP contribution in [0.3, 0.4) is 0 Å². The van der Waals surface area contributed by atoms with Crippen LogP contribution in [0, 0.1) is 17.2 Å². The summed E-state index contributed by atoms with van der Waals surface area (Å²) in [5.74, 6) is 0.148. The van der Waals surface area contributed by atoms with Crippen LogP contribution in [0.1, 0.15) is 33.1 Å². The average molecular weight is 237 g/mol. The molecule has 1 aliphatic carbocycles. The summed E-state index contributed by atoms with van der Waals surface area (Å²) in [6.07, 6.45) is 3.11. The van der Waals surface area contributed by atoms with Crippen LogP contribution in [-0.4, -0.2) is 48.4 Å². The first-order valence-electron chi connectivity index (χ1n) is 6.16. The van der Waals surface area contributed by atoms with Crippen molar-refractivity contribution in [2.45, 2.75) is 44.7 Å². The van der Waals surface area contributed by atoms with Crippen LogP contribution < -0.4 is 0 Å². The zero-order valence-corrected chi connectivity index (χ0v) is 11.5. The summed E-state index contributed by atoms with van der Waals surface area (Å²) in [7, 11) is 5.77. The molecule has 0 aromatic heterocycles. The van der Waals surface area contributed by atoms with E-state index in [4.69, 9.17) is 5.26 Å². The molecule has 2 atom stereocenters. The number of rotatable bonds is 3. The topological polar surface area (TPSA) is 47.3 Å². The van der Waals surface area contributed by atoms with Crippen LogP contribution in [0.15, 0.2) is 0 Å². The van der Waals surface area contributed by atoms with Crippen LogP contribution in [-0.2, 0) is 4.79 Å². The van der Waals surface area contributed by atoms with Crippen molar-refractivity contribution in [3.8, 4) is 6.07 Å². The highest BCUT2D eigenvalue weighted by molar-refractivity contribution is 5.80. The number of carbonyl (C=O) groups excluding carboxylic acids is 1. The summed E-state index contributed by atoms with van der Waals surface area (Å²) in [5, 5.41) is 9.08. The monoisotopic (exact) mass is 237 g/mol. The van der Waals surface area contributed by atoms with Crippen molar-refractivity contribution >= 4 is 5.91 Å². The van der Waals surface area contributed by atoms with Crippen molar-refractivity contribution in [3.63, 3.8) is 0 Å². The highest BCUT2D eigenvalue weighted by Gasteiger charge is 2.39. The molecule has 1 saturated carbocycles. The highest BCUT2D eigenvalue weighted by atomic mass is 16.2. The summed E-state index contributed by atoms with van der Waals surface area (Å²) < 4.78 is 0. The molecule has 0 radical (unpaired) electrons. The molecule has 0 aromatic carbocycles. The van der Waals surface area contributed by atoms with E-state index in [-0.39, 0.29) is 11.8 Å². The lowest BCUT2D eigenvalue weighted by atomic mass is 9.97. The van der Waals surface area contributed by atoms with Gasteiger partial charge in [-0.1, -0.05) is 6.42 Å². The summed E-state index contributed by atoms with van der Waals surface area (Å²) in [6.45, 7) is 3.56. The zero-order valence-electron chi connectivity index (χ0n) is 11.5. The van der Waals surface area contributed by atoms with Crippen LogP contribution in [0.5, 0.6) is 0 Å². The van der Waals surface area contributed by atoms with Crippen molar-refractivity contribution in [2.75, 3.05) is 21.1 Å². The van der Waals surface area contributed by atoms with Gasteiger partial charge in [-0.3, -0.25) is 4.79 Å². The largest absolute Gasteiger partial charge is 0.327 e. The first-order chi connectivity index (χ1) is 7.81. The highest BCUT2D eigenvalue weighted by Crippen LogP contribution is 2.31. The Hall–Kier alpha value is -1.08. The van der Waals surface area contributed by atoms with Gasteiger partial charge in [-0.05, 0) is 40.8 Å². The lowest BCUT2D eigenvalue weighted by molar-refractivity contribution is -0.138. The van der Waals surface area contributed by atoms with E-state index in [1.807, 2.05) is 14.1 Å². The number of hydrogen-bond acceptors (Lipinski definition) is 3. The predicted octanol–water partition coefficient (Wildman–Crippen LogP) is 1.48. The maximum absolute atomic E-state index is 12.4. The lowest BCUT2D eigenvalue weighted by Crippen LogP contribution is -2.49. The minimum Gasteiger partial charge on any atom is -0.327 e. The molecule has 0 saturated heterocycles. The smallest absolute Gasteiger partial charge is 0.228 e. The van der Waals surface area contributed by atoms with E-state index in [2.05, 4.69) is 11.0 Å². The van der Waals surface area contributed by atoms with Gasteiger partial charge < -0.3 is 9.80 Å².